The molecule has 0 spiro atoms. The van der Waals surface area contributed by atoms with Crippen molar-refractivity contribution in [3.8, 4) is 0 Å². The van der Waals surface area contributed by atoms with Gasteiger partial charge in [-0.25, -0.2) is 5.43 Å². The van der Waals surface area contributed by atoms with Crippen molar-refractivity contribution in [1.29, 1.82) is 0 Å². The van der Waals surface area contributed by atoms with Crippen LogP contribution in [-0.2, 0) is 11.2 Å². The average molecular weight is 288 g/mol. The lowest BCUT2D eigenvalue weighted by atomic mass is 10.1. The molecule has 0 aliphatic heterocycles. The summed E-state index contributed by atoms with van der Waals surface area (Å²) in [5.74, 6) is 0.0212. The van der Waals surface area contributed by atoms with Gasteiger partial charge >= 0.3 is 0 Å². The molecule has 0 saturated carbocycles. The Kier molecular flexibility index (Phi) is 10.1. The number of nitrogens with one attached hydrogen (secondary N) is 1. The molecule has 21 heavy (non-hydrogen) atoms. The van der Waals surface area contributed by atoms with E-state index in [1.54, 1.807) is 6.21 Å². The van der Waals surface area contributed by atoms with E-state index in [4.69, 9.17) is 0 Å². The molecule has 3 nitrogen and oxygen atoms in total. The number of rotatable bonds is 11. The van der Waals surface area contributed by atoms with Gasteiger partial charge in [0.25, 0.3) is 0 Å². The van der Waals surface area contributed by atoms with Crippen LogP contribution >= 0.6 is 0 Å². The Morgan fingerprint density at radius 3 is 2.43 bits per heavy atom. The Morgan fingerprint density at radius 2 is 1.71 bits per heavy atom. The summed E-state index contributed by atoms with van der Waals surface area (Å²) in [6.45, 7) is 2.22. The third-order valence-electron chi connectivity index (χ3n) is 3.46. The van der Waals surface area contributed by atoms with Crippen molar-refractivity contribution in [3.63, 3.8) is 0 Å². The summed E-state index contributed by atoms with van der Waals surface area (Å²) in [6, 6.07) is 10.1. The van der Waals surface area contributed by atoms with Crippen LogP contribution in [0.3, 0.4) is 0 Å². The second kappa shape index (κ2) is 12.1. The van der Waals surface area contributed by atoms with Crippen molar-refractivity contribution in [2.24, 2.45) is 5.10 Å². The summed E-state index contributed by atoms with van der Waals surface area (Å²) < 4.78 is 0. The molecule has 1 amide bonds. The van der Waals surface area contributed by atoms with Crippen LogP contribution < -0.4 is 5.43 Å². The fourth-order valence-corrected chi connectivity index (χ4v) is 2.18. The molecule has 0 saturated heterocycles. The lowest BCUT2D eigenvalue weighted by Crippen LogP contribution is -2.17. The predicted octanol–water partition coefficient (Wildman–Crippen LogP) is 4.47. The SMILES string of the molecule is CCCCCCCCCC(=O)N/N=C/Cc1ccccc1. The number of nitrogens with zero attached hydrogens (tertiary/aromatic N) is 1. The van der Waals surface area contributed by atoms with Gasteiger partial charge in [0, 0.05) is 19.1 Å². The van der Waals surface area contributed by atoms with E-state index in [0.29, 0.717) is 6.42 Å². The third kappa shape index (κ3) is 9.83. The summed E-state index contributed by atoms with van der Waals surface area (Å²) in [4.78, 5) is 11.6. The van der Waals surface area contributed by atoms with Gasteiger partial charge in [0.1, 0.15) is 0 Å². The number of hydrogen-bond acceptors (Lipinski definition) is 2. The number of carbonyl (C=O) groups excluding carboxylic acids is 1. The molecule has 3 heteroatoms. The van der Waals surface area contributed by atoms with Crippen molar-refractivity contribution in [2.75, 3.05) is 0 Å². The topological polar surface area (TPSA) is 41.5 Å². The zero-order valence-corrected chi connectivity index (χ0v) is 13.2. The van der Waals surface area contributed by atoms with Gasteiger partial charge in [0.15, 0.2) is 0 Å². The van der Waals surface area contributed by atoms with E-state index < -0.39 is 0 Å². The first-order chi connectivity index (χ1) is 10.3. The highest BCUT2D eigenvalue weighted by molar-refractivity contribution is 5.76. The predicted molar refractivity (Wildman–Crippen MR) is 89.4 cm³/mol. The molecular formula is C18H28N2O. The van der Waals surface area contributed by atoms with E-state index in [9.17, 15) is 4.79 Å². The first-order valence-corrected chi connectivity index (χ1v) is 8.17. The van der Waals surface area contributed by atoms with Crippen molar-refractivity contribution < 1.29 is 4.79 Å². The molecule has 0 unspecified atom stereocenters. The Bertz CT molecular complexity index is 401. The second-order valence-corrected chi connectivity index (χ2v) is 5.41. The maximum Gasteiger partial charge on any atom is 0.240 e. The van der Waals surface area contributed by atoms with E-state index in [0.717, 1.165) is 19.3 Å². The van der Waals surface area contributed by atoms with Gasteiger partial charge in [-0.3, -0.25) is 4.79 Å². The largest absolute Gasteiger partial charge is 0.273 e. The van der Waals surface area contributed by atoms with Gasteiger partial charge < -0.3 is 0 Å². The Labute approximate surface area is 128 Å². The monoisotopic (exact) mass is 288 g/mol. The lowest BCUT2D eigenvalue weighted by molar-refractivity contribution is -0.121. The normalized spacial score (nSPS) is 10.9. The molecule has 1 aromatic rings. The summed E-state index contributed by atoms with van der Waals surface area (Å²) in [6.07, 6.45) is 11.7. The number of hydrogen-bond donors (Lipinski definition) is 1. The lowest BCUT2D eigenvalue weighted by Gasteiger charge is -2.01. The first kappa shape index (κ1) is 17.4. The van der Waals surface area contributed by atoms with E-state index in [1.807, 2.05) is 30.3 Å². The molecule has 0 aliphatic carbocycles. The molecule has 1 aromatic carbocycles. The van der Waals surface area contributed by atoms with Crippen LogP contribution in [0, 0.1) is 0 Å². The molecular weight excluding hydrogens is 260 g/mol. The fraction of sp³-hybridized carbons (Fsp3) is 0.556. The molecule has 116 valence electrons. The average Bonchev–Trinajstić information content (AvgIpc) is 2.52. The molecule has 1 N–H and O–H groups in total. The number of benzene rings is 1. The molecule has 0 heterocycles. The Hall–Kier alpha value is -1.64. The highest BCUT2D eigenvalue weighted by Gasteiger charge is 1.99. The van der Waals surface area contributed by atoms with Crippen molar-refractivity contribution in [1.82, 2.24) is 5.43 Å². The van der Waals surface area contributed by atoms with E-state index in [2.05, 4.69) is 17.5 Å². The van der Waals surface area contributed by atoms with Crippen LogP contribution in [0.25, 0.3) is 0 Å². The molecule has 0 aliphatic rings. The molecule has 0 aromatic heterocycles. The summed E-state index contributed by atoms with van der Waals surface area (Å²) in [7, 11) is 0. The van der Waals surface area contributed by atoms with Crippen molar-refractivity contribution >= 4 is 12.1 Å². The Balaban J connectivity index is 1.98. The molecule has 0 bridgehead atoms. The minimum Gasteiger partial charge on any atom is -0.273 e. The smallest absolute Gasteiger partial charge is 0.240 e. The molecule has 1 rings (SSSR count). The standard InChI is InChI=1S/C18H28N2O/c1-2-3-4-5-6-7-11-14-18(21)20-19-16-15-17-12-9-8-10-13-17/h8-10,12-13,16H,2-7,11,14-15H2,1H3,(H,20,21)/b19-16+. The number of hydrazone groups is 1. The van der Waals surface area contributed by atoms with E-state index in [-0.39, 0.29) is 5.91 Å². The van der Waals surface area contributed by atoms with Gasteiger partial charge in [-0.2, -0.15) is 5.10 Å². The second-order valence-electron chi connectivity index (χ2n) is 5.41. The minimum absolute atomic E-state index is 0.0212. The minimum atomic E-state index is 0.0212. The zero-order valence-electron chi connectivity index (χ0n) is 13.2. The van der Waals surface area contributed by atoms with Gasteiger partial charge in [0.2, 0.25) is 5.91 Å². The van der Waals surface area contributed by atoms with Crippen LogP contribution in [0.15, 0.2) is 35.4 Å². The third-order valence-corrected chi connectivity index (χ3v) is 3.46. The summed E-state index contributed by atoms with van der Waals surface area (Å²) in [5, 5.41) is 3.98. The highest BCUT2D eigenvalue weighted by Crippen LogP contribution is 2.08. The van der Waals surface area contributed by atoms with Gasteiger partial charge in [0.05, 0.1) is 0 Å². The molecule has 0 radical (unpaired) electrons. The van der Waals surface area contributed by atoms with E-state index in [1.165, 1.54) is 37.7 Å². The molecule has 0 atom stereocenters. The van der Waals surface area contributed by atoms with Crippen molar-refractivity contribution in [2.45, 2.75) is 64.7 Å². The van der Waals surface area contributed by atoms with Gasteiger partial charge in [-0.05, 0) is 12.0 Å². The number of carbonyl (C=O) groups is 1. The van der Waals surface area contributed by atoms with Gasteiger partial charge in [-0.15, -0.1) is 0 Å². The van der Waals surface area contributed by atoms with Crippen LogP contribution in [0.5, 0.6) is 0 Å². The summed E-state index contributed by atoms with van der Waals surface area (Å²) >= 11 is 0. The van der Waals surface area contributed by atoms with Crippen molar-refractivity contribution in [3.05, 3.63) is 35.9 Å². The zero-order chi connectivity index (χ0) is 15.2. The fourth-order valence-electron chi connectivity index (χ4n) is 2.18. The van der Waals surface area contributed by atoms with Crippen LogP contribution in [0.4, 0.5) is 0 Å². The Morgan fingerprint density at radius 1 is 1.05 bits per heavy atom. The molecule has 0 fully saturated rings. The maximum absolute atomic E-state index is 11.6. The van der Waals surface area contributed by atoms with Crippen LogP contribution in [-0.4, -0.2) is 12.1 Å². The first-order valence-electron chi connectivity index (χ1n) is 8.17. The van der Waals surface area contributed by atoms with Gasteiger partial charge in [-0.1, -0.05) is 75.8 Å². The summed E-state index contributed by atoms with van der Waals surface area (Å²) in [5.41, 5.74) is 3.79. The van der Waals surface area contributed by atoms with Crippen LogP contribution in [0.2, 0.25) is 0 Å². The highest BCUT2D eigenvalue weighted by atomic mass is 16.2. The van der Waals surface area contributed by atoms with Crippen LogP contribution in [0.1, 0.15) is 63.9 Å². The van der Waals surface area contributed by atoms with E-state index >= 15 is 0 Å². The quantitative estimate of drug-likeness (QED) is 0.364. The maximum atomic E-state index is 11.6. The number of amides is 1. The number of unbranched alkanes of at least 4 members (excludes halogenated alkanes) is 6.